The Labute approximate surface area is 102 Å². The topological polar surface area (TPSA) is 90.1 Å². The highest BCUT2D eigenvalue weighted by atomic mass is 32.2. The van der Waals surface area contributed by atoms with E-state index in [4.69, 9.17) is 0 Å². The molecule has 1 aromatic rings. The van der Waals surface area contributed by atoms with Gasteiger partial charge < -0.3 is 5.32 Å². The smallest absolute Gasteiger partial charge is 0.333 e. The molecule has 17 heavy (non-hydrogen) atoms. The van der Waals surface area contributed by atoms with Crippen molar-refractivity contribution in [1.82, 2.24) is 9.78 Å². The van der Waals surface area contributed by atoms with Crippen LogP contribution >= 0.6 is 0 Å². The van der Waals surface area contributed by atoms with E-state index in [1.54, 1.807) is 14.0 Å². The summed E-state index contributed by atoms with van der Waals surface area (Å²) in [6.45, 7) is 3.86. The fourth-order valence-corrected chi connectivity index (χ4v) is 2.11. The third-order valence-electron chi connectivity index (χ3n) is 2.32. The molecule has 0 spiro atoms. The molecule has 1 N–H and O–H groups in total. The molecule has 0 bridgehead atoms. The fourth-order valence-electron chi connectivity index (χ4n) is 1.49. The molecular formula is C9H16N4O3S. The highest BCUT2D eigenvalue weighted by molar-refractivity contribution is 7.84. The van der Waals surface area contributed by atoms with Crippen LogP contribution in [-0.4, -0.2) is 37.0 Å². The van der Waals surface area contributed by atoms with E-state index in [0.29, 0.717) is 29.6 Å². The number of nitro groups is 1. The van der Waals surface area contributed by atoms with Crippen LogP contribution in [0.3, 0.4) is 0 Å². The SMILES string of the molecule is CCS(=O)CCNc1c([N+](=O)[O-])c(C)nn1C. The van der Waals surface area contributed by atoms with Crippen molar-refractivity contribution in [1.29, 1.82) is 0 Å². The second kappa shape index (κ2) is 5.76. The Morgan fingerprint density at radius 3 is 2.76 bits per heavy atom. The van der Waals surface area contributed by atoms with Crippen LogP contribution in [0.4, 0.5) is 11.5 Å². The summed E-state index contributed by atoms with van der Waals surface area (Å²) >= 11 is 0. The van der Waals surface area contributed by atoms with E-state index >= 15 is 0 Å². The standard InChI is InChI=1S/C9H16N4O3S/c1-4-17(16)6-5-10-9-8(13(14)15)7(2)11-12(9)3/h10H,4-6H2,1-3H3. The first kappa shape index (κ1) is 13.6. The Kier molecular flexibility index (Phi) is 4.62. The third kappa shape index (κ3) is 3.26. The Morgan fingerprint density at radius 1 is 1.59 bits per heavy atom. The third-order valence-corrected chi connectivity index (χ3v) is 3.62. The normalized spacial score (nSPS) is 12.4. The van der Waals surface area contributed by atoms with Crippen LogP contribution in [0.2, 0.25) is 0 Å². The molecule has 0 aromatic carbocycles. The molecule has 1 aromatic heterocycles. The number of hydrogen-bond acceptors (Lipinski definition) is 5. The highest BCUT2D eigenvalue weighted by Crippen LogP contribution is 2.26. The van der Waals surface area contributed by atoms with Crippen LogP contribution in [0, 0.1) is 17.0 Å². The van der Waals surface area contributed by atoms with Crippen molar-refractivity contribution in [3.8, 4) is 0 Å². The molecule has 0 saturated carbocycles. The Bertz CT molecular complexity index is 444. The van der Waals surface area contributed by atoms with Crippen molar-refractivity contribution in [2.45, 2.75) is 13.8 Å². The van der Waals surface area contributed by atoms with Crippen LogP contribution in [0.5, 0.6) is 0 Å². The summed E-state index contributed by atoms with van der Waals surface area (Å²) in [5.41, 5.74) is 0.353. The monoisotopic (exact) mass is 260 g/mol. The molecule has 0 saturated heterocycles. The second-order valence-corrected chi connectivity index (χ2v) is 5.39. The van der Waals surface area contributed by atoms with E-state index in [1.165, 1.54) is 4.68 Å². The van der Waals surface area contributed by atoms with Gasteiger partial charge in [0.05, 0.1) is 4.92 Å². The molecule has 1 rings (SSSR count). The number of hydrogen-bond donors (Lipinski definition) is 1. The molecule has 8 heteroatoms. The van der Waals surface area contributed by atoms with Gasteiger partial charge in [-0.05, 0) is 6.92 Å². The first-order valence-corrected chi connectivity index (χ1v) is 6.73. The van der Waals surface area contributed by atoms with Gasteiger partial charge in [-0.25, -0.2) is 4.68 Å². The van der Waals surface area contributed by atoms with E-state index in [2.05, 4.69) is 10.4 Å². The first-order valence-electron chi connectivity index (χ1n) is 5.24. The molecule has 1 unspecified atom stereocenters. The van der Waals surface area contributed by atoms with Crippen molar-refractivity contribution < 1.29 is 9.13 Å². The summed E-state index contributed by atoms with van der Waals surface area (Å²) in [7, 11) is 0.758. The largest absolute Gasteiger partial charge is 0.364 e. The predicted molar refractivity (Wildman–Crippen MR) is 66.6 cm³/mol. The molecule has 7 nitrogen and oxygen atoms in total. The zero-order valence-corrected chi connectivity index (χ0v) is 10.9. The highest BCUT2D eigenvalue weighted by Gasteiger charge is 2.23. The molecule has 0 aliphatic carbocycles. The Balaban J connectivity index is 2.77. The van der Waals surface area contributed by atoms with Gasteiger partial charge in [0.15, 0.2) is 0 Å². The van der Waals surface area contributed by atoms with E-state index in [-0.39, 0.29) is 5.69 Å². The maximum atomic E-state index is 11.2. The first-order chi connectivity index (χ1) is 7.97. The van der Waals surface area contributed by atoms with E-state index in [0.717, 1.165) is 0 Å². The minimum atomic E-state index is -0.880. The average Bonchev–Trinajstić information content (AvgIpc) is 2.53. The van der Waals surface area contributed by atoms with Crippen LogP contribution in [0.15, 0.2) is 0 Å². The summed E-state index contributed by atoms with van der Waals surface area (Å²) in [5, 5.41) is 17.8. The summed E-state index contributed by atoms with van der Waals surface area (Å²) in [6, 6.07) is 0. The van der Waals surface area contributed by atoms with Gasteiger partial charge in [0.1, 0.15) is 5.69 Å². The Hall–Kier alpha value is -1.44. The number of aromatic nitrogens is 2. The van der Waals surface area contributed by atoms with Crippen LogP contribution in [0.25, 0.3) is 0 Å². The second-order valence-electron chi connectivity index (χ2n) is 3.52. The van der Waals surface area contributed by atoms with Crippen molar-refractivity contribution in [2.24, 2.45) is 7.05 Å². The van der Waals surface area contributed by atoms with Crippen molar-refractivity contribution >= 4 is 22.3 Å². The molecule has 0 aliphatic rings. The maximum absolute atomic E-state index is 11.2. The lowest BCUT2D eigenvalue weighted by Crippen LogP contribution is -2.14. The molecule has 1 heterocycles. The quantitative estimate of drug-likeness (QED) is 0.604. The molecule has 96 valence electrons. The maximum Gasteiger partial charge on any atom is 0.333 e. The summed E-state index contributed by atoms with van der Waals surface area (Å²) < 4.78 is 12.7. The molecule has 1 atom stereocenters. The lowest BCUT2D eigenvalue weighted by Gasteiger charge is -2.05. The lowest BCUT2D eigenvalue weighted by molar-refractivity contribution is -0.384. The minimum Gasteiger partial charge on any atom is -0.364 e. The molecular weight excluding hydrogens is 244 g/mol. The number of aryl methyl sites for hydroxylation is 2. The van der Waals surface area contributed by atoms with E-state index < -0.39 is 15.7 Å². The van der Waals surface area contributed by atoms with Crippen LogP contribution < -0.4 is 5.32 Å². The molecule has 0 radical (unpaired) electrons. The predicted octanol–water partition coefficient (Wildman–Crippen LogP) is 0.817. The summed E-state index contributed by atoms with van der Waals surface area (Å²) in [6.07, 6.45) is 0. The van der Waals surface area contributed by atoms with Gasteiger partial charge in [-0.1, -0.05) is 6.92 Å². The molecule has 0 fully saturated rings. The summed E-state index contributed by atoms with van der Waals surface area (Å²) in [4.78, 5) is 10.4. The fraction of sp³-hybridized carbons (Fsp3) is 0.667. The molecule has 0 aliphatic heterocycles. The minimum absolute atomic E-state index is 0.0187. The summed E-state index contributed by atoms with van der Waals surface area (Å²) in [5.74, 6) is 1.42. The number of anilines is 1. The van der Waals surface area contributed by atoms with Crippen LogP contribution in [-0.2, 0) is 17.8 Å². The van der Waals surface area contributed by atoms with E-state index in [9.17, 15) is 14.3 Å². The van der Waals surface area contributed by atoms with Crippen molar-refractivity contribution in [3.63, 3.8) is 0 Å². The average molecular weight is 260 g/mol. The van der Waals surface area contributed by atoms with Crippen molar-refractivity contribution in [3.05, 3.63) is 15.8 Å². The Morgan fingerprint density at radius 2 is 2.24 bits per heavy atom. The van der Waals surface area contributed by atoms with Crippen LogP contribution in [0.1, 0.15) is 12.6 Å². The van der Waals surface area contributed by atoms with Gasteiger partial charge in [0.2, 0.25) is 5.82 Å². The zero-order valence-electron chi connectivity index (χ0n) is 10.1. The van der Waals surface area contributed by atoms with Gasteiger partial charge >= 0.3 is 5.69 Å². The molecule has 0 amide bonds. The number of nitrogens with zero attached hydrogens (tertiary/aromatic N) is 3. The zero-order chi connectivity index (χ0) is 13.0. The van der Waals surface area contributed by atoms with Crippen molar-refractivity contribution in [2.75, 3.05) is 23.4 Å². The van der Waals surface area contributed by atoms with Gasteiger partial charge in [-0.2, -0.15) is 5.10 Å². The van der Waals surface area contributed by atoms with Gasteiger partial charge in [0, 0.05) is 35.9 Å². The van der Waals surface area contributed by atoms with Gasteiger partial charge in [-0.3, -0.25) is 14.3 Å². The van der Waals surface area contributed by atoms with E-state index in [1.807, 2.05) is 6.92 Å². The lowest BCUT2D eigenvalue weighted by atomic mass is 10.4. The number of nitrogens with one attached hydrogen (secondary N) is 1. The van der Waals surface area contributed by atoms with Gasteiger partial charge in [0.25, 0.3) is 0 Å². The van der Waals surface area contributed by atoms with Gasteiger partial charge in [-0.15, -0.1) is 0 Å². The number of rotatable bonds is 6.